The summed E-state index contributed by atoms with van der Waals surface area (Å²) >= 11 is 0. The predicted molar refractivity (Wildman–Crippen MR) is 94.1 cm³/mol. The van der Waals surface area contributed by atoms with E-state index in [9.17, 15) is 14.7 Å². The number of hydrogen-bond acceptors (Lipinski definition) is 3. The van der Waals surface area contributed by atoms with Crippen LogP contribution in [0.15, 0.2) is 72.8 Å². The Morgan fingerprint density at radius 1 is 0.800 bits per heavy atom. The Balaban J connectivity index is 2.10. The molecule has 3 rings (SSSR count). The van der Waals surface area contributed by atoms with Crippen LogP contribution in [0.3, 0.4) is 0 Å². The van der Waals surface area contributed by atoms with Crippen molar-refractivity contribution in [1.82, 2.24) is 0 Å². The van der Waals surface area contributed by atoms with Gasteiger partial charge >= 0.3 is 11.9 Å². The van der Waals surface area contributed by atoms with Crippen LogP contribution in [-0.4, -0.2) is 24.2 Å². The molecular weight excluding hydrogens is 316 g/mol. The summed E-state index contributed by atoms with van der Waals surface area (Å²) in [5, 5.41) is 9.91. The molecule has 0 unspecified atom stereocenters. The number of benzene rings is 2. The fourth-order valence-electron chi connectivity index (χ4n) is 3.65. The molecule has 0 bridgehead atoms. The highest BCUT2D eigenvalue weighted by Crippen LogP contribution is 2.44. The van der Waals surface area contributed by atoms with Gasteiger partial charge in [0.15, 0.2) is 0 Å². The predicted octanol–water partition coefficient (Wildman–Crippen LogP) is 3.61. The van der Waals surface area contributed by atoms with Crippen LogP contribution in [0.5, 0.6) is 0 Å². The quantitative estimate of drug-likeness (QED) is 0.684. The number of methoxy groups -OCH3 is 1. The summed E-state index contributed by atoms with van der Waals surface area (Å²) in [7, 11) is 1.30. The number of aliphatic carboxylic acids is 1. The summed E-state index contributed by atoms with van der Waals surface area (Å²) < 4.78 is 4.97. The smallest absolute Gasteiger partial charge is 0.310 e. The van der Waals surface area contributed by atoms with Gasteiger partial charge < -0.3 is 9.84 Å². The van der Waals surface area contributed by atoms with E-state index in [0.29, 0.717) is 0 Å². The van der Waals surface area contributed by atoms with Gasteiger partial charge in [0.25, 0.3) is 0 Å². The van der Waals surface area contributed by atoms with Gasteiger partial charge in [-0.1, -0.05) is 72.8 Å². The lowest BCUT2D eigenvalue weighted by molar-refractivity contribution is -0.157. The third-order valence-electron chi connectivity index (χ3n) is 4.81. The van der Waals surface area contributed by atoms with Crippen molar-refractivity contribution in [2.24, 2.45) is 11.8 Å². The number of hydrogen-bond donors (Lipinski definition) is 1. The maximum Gasteiger partial charge on any atom is 0.310 e. The van der Waals surface area contributed by atoms with E-state index >= 15 is 0 Å². The molecule has 1 aliphatic rings. The number of rotatable bonds is 4. The molecule has 1 N–H and O–H groups in total. The molecule has 2 aromatic rings. The molecule has 0 aliphatic heterocycles. The highest BCUT2D eigenvalue weighted by atomic mass is 16.5. The molecule has 2 aromatic carbocycles. The molecule has 0 aromatic heterocycles. The van der Waals surface area contributed by atoms with Gasteiger partial charge in [0.1, 0.15) is 0 Å². The van der Waals surface area contributed by atoms with Crippen molar-refractivity contribution >= 4 is 11.9 Å². The second kappa shape index (κ2) is 7.34. The third-order valence-corrected chi connectivity index (χ3v) is 4.81. The van der Waals surface area contributed by atoms with Crippen LogP contribution >= 0.6 is 0 Å². The third kappa shape index (κ3) is 3.33. The highest BCUT2D eigenvalue weighted by molar-refractivity contribution is 5.84. The minimum Gasteiger partial charge on any atom is -0.481 e. The zero-order chi connectivity index (χ0) is 17.8. The van der Waals surface area contributed by atoms with E-state index in [1.54, 1.807) is 0 Å². The molecule has 0 saturated heterocycles. The maximum absolute atomic E-state index is 12.5. The van der Waals surface area contributed by atoms with Crippen LogP contribution in [0.2, 0.25) is 0 Å². The summed E-state index contributed by atoms with van der Waals surface area (Å²) in [6, 6.07) is 18.9. The summed E-state index contributed by atoms with van der Waals surface area (Å²) in [4.78, 5) is 24.6. The molecule has 4 heteroatoms. The second-order valence-electron chi connectivity index (χ2n) is 6.17. The fourth-order valence-corrected chi connectivity index (χ4v) is 3.65. The maximum atomic E-state index is 12.5. The Hall–Kier alpha value is -2.88. The number of esters is 1. The Morgan fingerprint density at radius 2 is 1.24 bits per heavy atom. The van der Waals surface area contributed by atoms with E-state index in [1.165, 1.54) is 7.11 Å². The average Bonchev–Trinajstić information content (AvgIpc) is 2.67. The molecule has 4 atom stereocenters. The lowest BCUT2D eigenvalue weighted by Gasteiger charge is -2.36. The van der Waals surface area contributed by atoms with Gasteiger partial charge in [-0.3, -0.25) is 9.59 Å². The zero-order valence-corrected chi connectivity index (χ0v) is 13.9. The van der Waals surface area contributed by atoms with Crippen LogP contribution in [-0.2, 0) is 14.3 Å². The molecule has 128 valence electrons. The van der Waals surface area contributed by atoms with Crippen molar-refractivity contribution < 1.29 is 19.4 Å². The molecule has 0 heterocycles. The largest absolute Gasteiger partial charge is 0.481 e. The average molecular weight is 336 g/mol. The Bertz CT molecular complexity index is 767. The van der Waals surface area contributed by atoms with E-state index in [4.69, 9.17) is 4.74 Å². The lowest BCUT2D eigenvalue weighted by atomic mass is 9.66. The molecule has 0 fully saturated rings. The van der Waals surface area contributed by atoms with Gasteiger partial charge in [0.05, 0.1) is 18.9 Å². The summed E-state index contributed by atoms with van der Waals surface area (Å²) in [6.45, 7) is 0. The van der Waals surface area contributed by atoms with Crippen molar-refractivity contribution in [3.8, 4) is 0 Å². The van der Waals surface area contributed by atoms with Gasteiger partial charge in [-0.2, -0.15) is 0 Å². The van der Waals surface area contributed by atoms with Crippen molar-refractivity contribution in [2.75, 3.05) is 7.11 Å². The fraction of sp³-hybridized carbons (Fsp3) is 0.238. The van der Waals surface area contributed by atoms with Crippen LogP contribution in [0.4, 0.5) is 0 Å². The van der Waals surface area contributed by atoms with Gasteiger partial charge in [-0.15, -0.1) is 0 Å². The number of carboxylic acids is 1. The number of allylic oxidation sites excluding steroid dienone is 2. The van der Waals surface area contributed by atoms with Gasteiger partial charge in [-0.05, 0) is 11.1 Å². The van der Waals surface area contributed by atoms with Crippen LogP contribution in [0.1, 0.15) is 23.0 Å². The Morgan fingerprint density at radius 3 is 1.64 bits per heavy atom. The first kappa shape index (κ1) is 17.0. The van der Waals surface area contributed by atoms with E-state index in [0.717, 1.165) is 11.1 Å². The first-order chi connectivity index (χ1) is 12.1. The minimum atomic E-state index is -0.991. The van der Waals surface area contributed by atoms with Gasteiger partial charge in [-0.25, -0.2) is 0 Å². The molecular formula is C21H20O4. The van der Waals surface area contributed by atoms with E-state index in [2.05, 4.69) is 0 Å². The molecule has 1 aliphatic carbocycles. The highest BCUT2D eigenvalue weighted by Gasteiger charge is 2.46. The standard InChI is InChI=1S/C21H20O4/c1-25-21(24)19-17(15-10-6-3-7-11-15)13-12-16(18(19)20(22)23)14-8-4-2-5-9-14/h2-13,16-19H,1H3,(H,22,23)/t16-,17+,18-,19-/m1/s1. The Kier molecular flexibility index (Phi) is 4.98. The first-order valence-electron chi connectivity index (χ1n) is 8.22. The van der Waals surface area contributed by atoms with Crippen molar-refractivity contribution in [3.05, 3.63) is 83.9 Å². The first-order valence-corrected chi connectivity index (χ1v) is 8.22. The van der Waals surface area contributed by atoms with E-state index in [-0.39, 0.29) is 11.8 Å². The SMILES string of the molecule is COC(=O)[C@H]1[C@H](C(=O)O)[C@@H](c2ccccc2)C=C[C@H]1c1ccccc1. The number of ether oxygens (including phenoxy) is 1. The summed E-state index contributed by atoms with van der Waals surface area (Å²) in [5.41, 5.74) is 1.79. The monoisotopic (exact) mass is 336 g/mol. The number of carbonyl (C=O) groups excluding carboxylic acids is 1. The van der Waals surface area contributed by atoms with Gasteiger partial charge in [0.2, 0.25) is 0 Å². The summed E-state index contributed by atoms with van der Waals surface area (Å²) in [5.74, 6) is -3.84. The molecule has 0 saturated carbocycles. The number of carbonyl (C=O) groups is 2. The van der Waals surface area contributed by atoms with Crippen LogP contribution < -0.4 is 0 Å². The molecule has 0 radical (unpaired) electrons. The number of carboxylic acid groups (broad SMARTS) is 1. The van der Waals surface area contributed by atoms with Crippen LogP contribution in [0, 0.1) is 11.8 Å². The van der Waals surface area contributed by atoms with Gasteiger partial charge in [0, 0.05) is 11.8 Å². The normalized spacial score (nSPS) is 25.3. The molecule has 0 amide bonds. The topological polar surface area (TPSA) is 63.6 Å². The second-order valence-corrected chi connectivity index (χ2v) is 6.17. The van der Waals surface area contributed by atoms with Crippen LogP contribution in [0.25, 0.3) is 0 Å². The Labute approximate surface area is 146 Å². The molecule has 25 heavy (non-hydrogen) atoms. The molecule has 0 spiro atoms. The van der Waals surface area contributed by atoms with Crippen molar-refractivity contribution in [3.63, 3.8) is 0 Å². The zero-order valence-electron chi connectivity index (χ0n) is 13.9. The van der Waals surface area contributed by atoms with Crippen molar-refractivity contribution in [2.45, 2.75) is 11.8 Å². The van der Waals surface area contributed by atoms with E-state index in [1.807, 2.05) is 72.8 Å². The molecule has 4 nitrogen and oxygen atoms in total. The van der Waals surface area contributed by atoms with Crippen molar-refractivity contribution in [1.29, 1.82) is 0 Å². The minimum absolute atomic E-state index is 0.324. The lowest BCUT2D eigenvalue weighted by Crippen LogP contribution is -2.40. The van der Waals surface area contributed by atoms with E-state index < -0.39 is 23.8 Å². The summed E-state index contributed by atoms with van der Waals surface area (Å²) in [6.07, 6.45) is 3.85.